The molecule has 4 rings (SSSR count). The fourth-order valence-corrected chi connectivity index (χ4v) is 6.84. The molecule has 1 fully saturated rings. The maximum absolute atomic E-state index is 13.8. The summed E-state index contributed by atoms with van der Waals surface area (Å²) in [6, 6.07) is 15.1. The van der Waals surface area contributed by atoms with Crippen LogP contribution in [0.25, 0.3) is 10.8 Å². The monoisotopic (exact) mass is 800 g/mol. The highest BCUT2D eigenvalue weighted by atomic mass is 16.4. The summed E-state index contributed by atoms with van der Waals surface area (Å²) in [6.45, 7) is 6.62. The van der Waals surface area contributed by atoms with Gasteiger partial charge in [0.1, 0.15) is 24.2 Å². The van der Waals surface area contributed by atoms with Gasteiger partial charge in [0.15, 0.2) is 0 Å². The van der Waals surface area contributed by atoms with E-state index in [0.717, 1.165) is 15.7 Å². The molecule has 1 saturated heterocycles. The highest BCUT2D eigenvalue weighted by Crippen LogP contribution is 2.23. The highest BCUT2D eigenvalue weighted by molar-refractivity contribution is 6.05. The molecule has 310 valence electrons. The third-order valence-electron chi connectivity index (χ3n) is 10.0. The number of carboxylic acids is 2. The lowest BCUT2D eigenvalue weighted by Gasteiger charge is -2.33. The van der Waals surface area contributed by atoms with Crippen LogP contribution in [0, 0.1) is 11.8 Å². The Balaban J connectivity index is 1.35. The van der Waals surface area contributed by atoms with Crippen LogP contribution in [0.1, 0.15) is 69.3 Å². The zero-order valence-corrected chi connectivity index (χ0v) is 33.3. The summed E-state index contributed by atoms with van der Waals surface area (Å²) in [5, 5.41) is 31.5. The van der Waals surface area contributed by atoms with Gasteiger partial charge >= 0.3 is 11.9 Å². The van der Waals surface area contributed by atoms with Gasteiger partial charge in [-0.2, -0.15) is 0 Å². The molecule has 16 nitrogen and oxygen atoms in total. The molecule has 0 aromatic heterocycles. The Bertz CT molecular complexity index is 2020. The molecular weight excluding hydrogens is 748 g/mol. The smallest absolute Gasteiger partial charge is 0.326 e. The average Bonchev–Trinajstić information content (AvgIpc) is 3.51. The normalized spacial score (nSPS) is 15.9. The average molecular weight is 801 g/mol. The Kier molecular flexibility index (Phi) is 15.5. The molecule has 6 N–H and O–H groups in total. The lowest BCUT2D eigenvalue weighted by molar-refractivity contribution is -0.147. The molecule has 3 aromatic rings. The topological polar surface area (TPSA) is 232 Å². The number of amides is 6. The lowest BCUT2D eigenvalue weighted by atomic mass is 9.96. The Hall–Kier alpha value is -6.32. The van der Waals surface area contributed by atoms with E-state index in [1.54, 1.807) is 52.0 Å². The molecule has 3 unspecified atom stereocenters. The standard InChI is InChI=1S/C42H52N6O10/c1-6-25(4)37(39(54)46-32(22-36(51)52)40(55)47(5)23-35(50)45-33(42(57)58)19-24(2)3)48-18-17-31(41(48)56)44-34(49)20-26-11-13-28(14-12-26)38(53)43-30-16-15-27-9-7-8-10-29(27)21-30/h7-16,21,24-25,31-33,37H,6,17-20,22-23H2,1-5H3,(H,43,53)(H,44,49)(H,45,50)(H,46,54)(H,51,52)(H,57,58)/t25?,31?,32-,33-,37?/m0/s1. The summed E-state index contributed by atoms with van der Waals surface area (Å²) >= 11 is 0. The van der Waals surface area contributed by atoms with Gasteiger partial charge in [-0.05, 0) is 65.3 Å². The number of carbonyl (C=O) groups is 8. The van der Waals surface area contributed by atoms with Crippen LogP contribution in [0.15, 0.2) is 66.7 Å². The SMILES string of the molecule is CCC(C)C(C(=O)N[C@@H](CC(=O)O)C(=O)N(C)CC(=O)N[C@@H](CC(C)C)C(=O)O)N1CCC(NC(=O)Cc2ccc(C(=O)Nc3ccc4ccccc4c3)cc2)C1=O. The number of carbonyl (C=O) groups excluding carboxylic acids is 6. The summed E-state index contributed by atoms with van der Waals surface area (Å²) in [7, 11) is 1.23. The van der Waals surface area contributed by atoms with E-state index in [4.69, 9.17) is 0 Å². The van der Waals surface area contributed by atoms with Crippen molar-refractivity contribution >= 4 is 63.8 Å². The van der Waals surface area contributed by atoms with Crippen molar-refractivity contribution in [1.82, 2.24) is 25.8 Å². The molecule has 5 atom stereocenters. The van der Waals surface area contributed by atoms with E-state index in [2.05, 4.69) is 21.3 Å². The second-order valence-electron chi connectivity index (χ2n) is 15.1. The van der Waals surface area contributed by atoms with Gasteiger partial charge in [-0.25, -0.2) is 4.79 Å². The number of rotatable bonds is 19. The van der Waals surface area contributed by atoms with Crippen LogP contribution in [-0.2, 0) is 40.0 Å². The zero-order chi connectivity index (χ0) is 42.7. The molecule has 0 spiro atoms. The number of likely N-dealkylation sites (tertiary alicyclic amines) is 1. The minimum atomic E-state index is -1.61. The van der Waals surface area contributed by atoms with E-state index in [-0.39, 0.29) is 37.6 Å². The van der Waals surface area contributed by atoms with Gasteiger partial charge in [-0.1, -0.05) is 76.6 Å². The molecule has 58 heavy (non-hydrogen) atoms. The van der Waals surface area contributed by atoms with Crippen molar-refractivity contribution in [2.24, 2.45) is 11.8 Å². The second-order valence-corrected chi connectivity index (χ2v) is 15.1. The third kappa shape index (κ3) is 12.1. The zero-order valence-electron chi connectivity index (χ0n) is 33.3. The number of benzene rings is 3. The van der Waals surface area contributed by atoms with Crippen molar-refractivity contribution in [2.75, 3.05) is 25.5 Å². The molecule has 0 radical (unpaired) electrons. The highest BCUT2D eigenvalue weighted by Gasteiger charge is 2.42. The lowest BCUT2D eigenvalue weighted by Crippen LogP contribution is -2.58. The first kappa shape index (κ1) is 44.4. The van der Waals surface area contributed by atoms with Crippen LogP contribution in [0.5, 0.6) is 0 Å². The minimum absolute atomic E-state index is 0.0446. The summed E-state index contributed by atoms with van der Waals surface area (Å²) in [5.41, 5.74) is 1.64. The number of carboxylic acid groups (broad SMARTS) is 2. The van der Waals surface area contributed by atoms with Crippen LogP contribution in [0.3, 0.4) is 0 Å². The number of likely N-dealkylation sites (N-methyl/N-ethyl adjacent to an activating group) is 1. The molecule has 1 heterocycles. The second kappa shape index (κ2) is 20.2. The maximum Gasteiger partial charge on any atom is 0.326 e. The van der Waals surface area contributed by atoms with Crippen LogP contribution >= 0.6 is 0 Å². The Morgan fingerprint density at radius 2 is 1.53 bits per heavy atom. The molecule has 0 bridgehead atoms. The Morgan fingerprint density at radius 3 is 2.16 bits per heavy atom. The van der Waals surface area contributed by atoms with Crippen molar-refractivity contribution in [3.8, 4) is 0 Å². The fourth-order valence-electron chi connectivity index (χ4n) is 6.84. The van der Waals surface area contributed by atoms with Gasteiger partial charge in [0.25, 0.3) is 5.91 Å². The van der Waals surface area contributed by atoms with E-state index >= 15 is 0 Å². The molecule has 0 aliphatic carbocycles. The third-order valence-corrected chi connectivity index (χ3v) is 10.0. The van der Waals surface area contributed by atoms with Crippen LogP contribution < -0.4 is 21.3 Å². The summed E-state index contributed by atoms with van der Waals surface area (Å²) < 4.78 is 0. The number of hydrogen-bond donors (Lipinski definition) is 6. The Morgan fingerprint density at radius 1 is 0.862 bits per heavy atom. The first-order chi connectivity index (χ1) is 27.5. The summed E-state index contributed by atoms with van der Waals surface area (Å²) in [6.07, 6.45) is -0.116. The number of aliphatic carboxylic acids is 2. The number of nitrogens with one attached hydrogen (secondary N) is 4. The van der Waals surface area contributed by atoms with Crippen LogP contribution in [0.4, 0.5) is 5.69 Å². The summed E-state index contributed by atoms with van der Waals surface area (Å²) in [4.78, 5) is 105. The van der Waals surface area contributed by atoms with Gasteiger partial charge in [0.05, 0.1) is 19.4 Å². The minimum Gasteiger partial charge on any atom is -0.481 e. The molecule has 0 saturated carbocycles. The first-order valence-corrected chi connectivity index (χ1v) is 19.3. The molecule has 1 aliphatic rings. The van der Waals surface area contributed by atoms with Crippen LogP contribution in [0.2, 0.25) is 0 Å². The molecule has 3 aromatic carbocycles. The molecule has 16 heteroatoms. The van der Waals surface area contributed by atoms with E-state index in [1.807, 2.05) is 42.5 Å². The van der Waals surface area contributed by atoms with Gasteiger partial charge in [-0.15, -0.1) is 0 Å². The number of anilines is 1. The van der Waals surface area contributed by atoms with Crippen molar-refractivity contribution in [3.63, 3.8) is 0 Å². The summed E-state index contributed by atoms with van der Waals surface area (Å²) in [5.74, 6) is -6.87. The molecule has 1 aliphatic heterocycles. The quantitative estimate of drug-likeness (QED) is 0.104. The Labute approximate surface area is 336 Å². The molecular formula is C42H52N6O10. The predicted octanol–water partition coefficient (Wildman–Crippen LogP) is 2.80. The van der Waals surface area contributed by atoms with E-state index in [9.17, 15) is 48.6 Å². The van der Waals surface area contributed by atoms with Crippen molar-refractivity contribution in [2.45, 2.75) is 84.0 Å². The largest absolute Gasteiger partial charge is 0.481 e. The maximum atomic E-state index is 13.8. The van der Waals surface area contributed by atoms with E-state index < -0.39 is 84.5 Å². The van der Waals surface area contributed by atoms with E-state index in [0.29, 0.717) is 23.2 Å². The fraction of sp³-hybridized carbons (Fsp3) is 0.429. The predicted molar refractivity (Wildman–Crippen MR) is 214 cm³/mol. The molecule has 6 amide bonds. The number of fused-ring (bicyclic) bond motifs is 1. The van der Waals surface area contributed by atoms with Gasteiger partial charge in [0.2, 0.25) is 29.5 Å². The number of hydrogen-bond acceptors (Lipinski definition) is 8. The number of nitrogens with zero attached hydrogens (tertiary/aromatic N) is 2. The van der Waals surface area contributed by atoms with Crippen molar-refractivity contribution in [1.29, 1.82) is 0 Å². The van der Waals surface area contributed by atoms with Gasteiger partial charge in [0, 0.05) is 24.8 Å². The van der Waals surface area contributed by atoms with E-state index in [1.165, 1.54) is 11.9 Å². The van der Waals surface area contributed by atoms with Gasteiger partial charge < -0.3 is 41.3 Å². The van der Waals surface area contributed by atoms with Crippen LogP contribution in [-0.4, -0.2) is 112 Å². The first-order valence-electron chi connectivity index (χ1n) is 19.3. The van der Waals surface area contributed by atoms with Crippen molar-refractivity contribution < 1.29 is 48.6 Å². The van der Waals surface area contributed by atoms with Crippen molar-refractivity contribution in [3.05, 3.63) is 77.9 Å². The van der Waals surface area contributed by atoms with Gasteiger partial charge in [-0.3, -0.25) is 33.6 Å².